The SMILES string of the molecule is CNC(=O)C(C)(C)CNc1ccc(N)cc1Br. The molecule has 1 amide bonds. The summed E-state index contributed by atoms with van der Waals surface area (Å²) < 4.78 is 0.894. The van der Waals surface area contributed by atoms with Gasteiger partial charge in [0.2, 0.25) is 5.91 Å². The molecule has 1 aromatic rings. The van der Waals surface area contributed by atoms with E-state index in [0.29, 0.717) is 12.2 Å². The van der Waals surface area contributed by atoms with Gasteiger partial charge in [-0.3, -0.25) is 4.79 Å². The normalized spacial score (nSPS) is 11.1. The molecule has 0 radical (unpaired) electrons. The third-order valence-corrected chi connectivity index (χ3v) is 3.21. The van der Waals surface area contributed by atoms with Crippen LogP contribution in [0, 0.1) is 5.41 Å². The molecule has 5 heteroatoms. The third-order valence-electron chi connectivity index (χ3n) is 2.56. The lowest BCUT2D eigenvalue weighted by Gasteiger charge is -2.23. The van der Waals surface area contributed by atoms with Crippen LogP contribution in [0.4, 0.5) is 11.4 Å². The summed E-state index contributed by atoms with van der Waals surface area (Å²) in [7, 11) is 1.64. The van der Waals surface area contributed by atoms with Crippen molar-refractivity contribution in [3.8, 4) is 0 Å². The second-order valence-corrected chi connectivity index (χ2v) is 5.41. The van der Waals surface area contributed by atoms with Crippen LogP contribution in [0.3, 0.4) is 0 Å². The fraction of sp³-hybridized carbons (Fsp3) is 0.417. The van der Waals surface area contributed by atoms with Gasteiger partial charge in [-0.1, -0.05) is 0 Å². The molecule has 0 saturated carbocycles. The van der Waals surface area contributed by atoms with Gasteiger partial charge in [-0.05, 0) is 48.0 Å². The Labute approximate surface area is 110 Å². The van der Waals surface area contributed by atoms with Gasteiger partial charge in [0.1, 0.15) is 0 Å². The van der Waals surface area contributed by atoms with Gasteiger partial charge >= 0.3 is 0 Å². The van der Waals surface area contributed by atoms with Crippen LogP contribution in [0.25, 0.3) is 0 Å². The zero-order chi connectivity index (χ0) is 13.1. The summed E-state index contributed by atoms with van der Waals surface area (Å²) in [5.41, 5.74) is 6.82. The fourth-order valence-electron chi connectivity index (χ4n) is 1.41. The molecule has 17 heavy (non-hydrogen) atoms. The molecule has 0 aliphatic rings. The number of rotatable bonds is 4. The average Bonchev–Trinajstić information content (AvgIpc) is 2.26. The van der Waals surface area contributed by atoms with Gasteiger partial charge in [0.25, 0.3) is 0 Å². The van der Waals surface area contributed by atoms with E-state index in [2.05, 4.69) is 26.6 Å². The summed E-state index contributed by atoms with van der Waals surface area (Å²) >= 11 is 3.43. The maximum atomic E-state index is 11.6. The van der Waals surface area contributed by atoms with Gasteiger partial charge in [0.15, 0.2) is 0 Å². The Balaban J connectivity index is 2.70. The van der Waals surface area contributed by atoms with Crippen LogP contribution in [0.2, 0.25) is 0 Å². The quantitative estimate of drug-likeness (QED) is 0.747. The lowest BCUT2D eigenvalue weighted by atomic mass is 9.92. The monoisotopic (exact) mass is 299 g/mol. The van der Waals surface area contributed by atoms with Crippen molar-refractivity contribution in [3.05, 3.63) is 22.7 Å². The van der Waals surface area contributed by atoms with Gasteiger partial charge < -0.3 is 16.4 Å². The Bertz CT molecular complexity index is 418. The number of nitrogens with two attached hydrogens (primary N) is 1. The molecule has 0 unspecified atom stereocenters. The van der Waals surface area contributed by atoms with E-state index in [1.807, 2.05) is 32.0 Å². The molecular formula is C12H18BrN3O. The summed E-state index contributed by atoms with van der Waals surface area (Å²) in [5, 5.41) is 5.89. The van der Waals surface area contributed by atoms with E-state index >= 15 is 0 Å². The first kappa shape index (κ1) is 13.8. The molecule has 94 valence electrons. The van der Waals surface area contributed by atoms with E-state index in [1.54, 1.807) is 7.05 Å². The second-order valence-electron chi connectivity index (χ2n) is 4.56. The summed E-state index contributed by atoms with van der Waals surface area (Å²) in [5.74, 6) is 0.0107. The van der Waals surface area contributed by atoms with Crippen molar-refractivity contribution < 1.29 is 4.79 Å². The van der Waals surface area contributed by atoms with Gasteiger partial charge in [0, 0.05) is 29.4 Å². The predicted molar refractivity (Wildman–Crippen MR) is 74.9 cm³/mol. The van der Waals surface area contributed by atoms with E-state index in [4.69, 9.17) is 5.73 Å². The summed E-state index contributed by atoms with van der Waals surface area (Å²) in [6.07, 6.45) is 0. The largest absolute Gasteiger partial charge is 0.399 e. The first-order chi connectivity index (χ1) is 7.86. The Morgan fingerprint density at radius 3 is 2.65 bits per heavy atom. The first-order valence-corrected chi connectivity index (χ1v) is 6.17. The smallest absolute Gasteiger partial charge is 0.227 e. The molecule has 0 heterocycles. The molecule has 0 spiro atoms. The number of carbonyl (C=O) groups excluding carboxylic acids is 1. The predicted octanol–water partition coefficient (Wildman–Crippen LogP) is 2.22. The number of halogens is 1. The van der Waals surface area contributed by atoms with E-state index < -0.39 is 5.41 Å². The number of hydrogen-bond acceptors (Lipinski definition) is 3. The van der Waals surface area contributed by atoms with Crippen molar-refractivity contribution in [2.45, 2.75) is 13.8 Å². The van der Waals surface area contributed by atoms with Crippen LogP contribution in [0.1, 0.15) is 13.8 Å². The molecule has 0 saturated heterocycles. The highest BCUT2D eigenvalue weighted by atomic mass is 79.9. The molecule has 0 aromatic heterocycles. The zero-order valence-corrected chi connectivity index (χ0v) is 11.9. The summed E-state index contributed by atoms with van der Waals surface area (Å²) in [6.45, 7) is 4.34. The van der Waals surface area contributed by atoms with Crippen LogP contribution >= 0.6 is 15.9 Å². The second kappa shape index (κ2) is 5.40. The van der Waals surface area contributed by atoms with Crippen molar-refractivity contribution >= 4 is 33.2 Å². The van der Waals surface area contributed by atoms with E-state index in [-0.39, 0.29) is 5.91 Å². The van der Waals surface area contributed by atoms with Crippen LogP contribution in [-0.4, -0.2) is 19.5 Å². The van der Waals surface area contributed by atoms with Crippen molar-refractivity contribution in [3.63, 3.8) is 0 Å². The molecule has 1 rings (SSSR count). The molecular weight excluding hydrogens is 282 g/mol. The van der Waals surface area contributed by atoms with Crippen molar-refractivity contribution in [2.24, 2.45) is 5.41 Å². The van der Waals surface area contributed by atoms with E-state index in [1.165, 1.54) is 0 Å². The Morgan fingerprint density at radius 1 is 1.47 bits per heavy atom. The van der Waals surface area contributed by atoms with Gasteiger partial charge in [0.05, 0.1) is 5.41 Å². The number of benzene rings is 1. The van der Waals surface area contributed by atoms with Crippen molar-refractivity contribution in [1.29, 1.82) is 0 Å². The lowest BCUT2D eigenvalue weighted by Crippen LogP contribution is -2.39. The minimum Gasteiger partial charge on any atom is -0.399 e. The molecule has 0 aliphatic heterocycles. The summed E-state index contributed by atoms with van der Waals surface area (Å²) in [6, 6.07) is 5.54. The standard InChI is InChI=1S/C12H18BrN3O/c1-12(2,11(17)15-3)7-16-10-5-4-8(14)6-9(10)13/h4-6,16H,7,14H2,1-3H3,(H,15,17). The molecule has 4 N–H and O–H groups in total. The van der Waals surface area contributed by atoms with Gasteiger partial charge in [-0.15, -0.1) is 0 Å². The van der Waals surface area contributed by atoms with E-state index in [9.17, 15) is 4.79 Å². The van der Waals surface area contributed by atoms with Crippen molar-refractivity contribution in [2.75, 3.05) is 24.6 Å². The summed E-state index contributed by atoms with van der Waals surface area (Å²) in [4.78, 5) is 11.6. The molecule has 0 aliphatic carbocycles. The number of anilines is 2. The molecule has 0 atom stereocenters. The zero-order valence-electron chi connectivity index (χ0n) is 10.3. The maximum Gasteiger partial charge on any atom is 0.227 e. The molecule has 0 fully saturated rings. The Morgan fingerprint density at radius 2 is 2.12 bits per heavy atom. The Hall–Kier alpha value is -1.23. The molecule has 1 aromatic carbocycles. The molecule has 4 nitrogen and oxygen atoms in total. The van der Waals surface area contributed by atoms with Crippen LogP contribution < -0.4 is 16.4 Å². The maximum absolute atomic E-state index is 11.6. The van der Waals surface area contributed by atoms with Crippen LogP contribution in [0.15, 0.2) is 22.7 Å². The average molecular weight is 300 g/mol. The molecule has 0 bridgehead atoms. The van der Waals surface area contributed by atoms with Crippen LogP contribution in [-0.2, 0) is 4.79 Å². The highest BCUT2D eigenvalue weighted by Crippen LogP contribution is 2.26. The van der Waals surface area contributed by atoms with Crippen LogP contribution in [0.5, 0.6) is 0 Å². The van der Waals surface area contributed by atoms with E-state index in [0.717, 1.165) is 10.2 Å². The number of hydrogen-bond donors (Lipinski definition) is 3. The highest BCUT2D eigenvalue weighted by molar-refractivity contribution is 9.10. The number of nitrogen functional groups attached to an aromatic ring is 1. The number of amides is 1. The van der Waals surface area contributed by atoms with Crippen molar-refractivity contribution in [1.82, 2.24) is 5.32 Å². The fourth-order valence-corrected chi connectivity index (χ4v) is 1.95. The minimum absolute atomic E-state index is 0.0107. The third kappa shape index (κ3) is 3.63. The topological polar surface area (TPSA) is 67.2 Å². The number of carbonyl (C=O) groups is 1. The first-order valence-electron chi connectivity index (χ1n) is 5.38. The lowest BCUT2D eigenvalue weighted by molar-refractivity contribution is -0.128. The Kier molecular flexibility index (Phi) is 4.40. The minimum atomic E-state index is -0.463. The number of nitrogens with one attached hydrogen (secondary N) is 2. The van der Waals surface area contributed by atoms with Gasteiger partial charge in [-0.2, -0.15) is 0 Å². The highest BCUT2D eigenvalue weighted by Gasteiger charge is 2.26. The van der Waals surface area contributed by atoms with Gasteiger partial charge in [-0.25, -0.2) is 0 Å².